The van der Waals surface area contributed by atoms with Gasteiger partial charge >= 0.3 is 5.97 Å². The lowest BCUT2D eigenvalue weighted by atomic mass is 10.0. The van der Waals surface area contributed by atoms with Crippen molar-refractivity contribution in [1.29, 1.82) is 0 Å². The predicted octanol–water partition coefficient (Wildman–Crippen LogP) is 4.11. The average molecular weight is 404 g/mol. The summed E-state index contributed by atoms with van der Waals surface area (Å²) in [4.78, 5) is 11.7. The molecule has 0 unspecified atom stereocenters. The minimum absolute atomic E-state index is 0.0297. The van der Waals surface area contributed by atoms with E-state index in [2.05, 4.69) is 10.1 Å². The van der Waals surface area contributed by atoms with Crippen LogP contribution in [0.5, 0.6) is 5.75 Å². The van der Waals surface area contributed by atoms with Crippen LogP contribution in [0.1, 0.15) is 32.3 Å². The van der Waals surface area contributed by atoms with Crippen LogP contribution < -0.4 is 10.1 Å². The molecule has 0 aliphatic rings. The van der Waals surface area contributed by atoms with Gasteiger partial charge in [0.1, 0.15) is 5.75 Å². The first kappa shape index (κ1) is 21.5. The van der Waals surface area contributed by atoms with Crippen LogP contribution in [-0.2, 0) is 19.4 Å². The van der Waals surface area contributed by atoms with Crippen molar-refractivity contribution >= 4 is 21.5 Å². The molecule has 0 spiro atoms. The third-order valence-corrected chi connectivity index (χ3v) is 5.82. The second-order valence-electron chi connectivity index (χ2n) is 6.33. The van der Waals surface area contributed by atoms with Gasteiger partial charge in [-0.3, -0.25) is 0 Å². The van der Waals surface area contributed by atoms with Gasteiger partial charge in [0, 0.05) is 11.9 Å². The summed E-state index contributed by atoms with van der Waals surface area (Å²) in [6.07, 6.45) is 1.15. The minimum atomic E-state index is -4.04. The fraction of sp³-hybridized carbons (Fsp3) is 0.286. The maximum atomic E-state index is 12.9. The highest BCUT2D eigenvalue weighted by molar-refractivity contribution is 7.96. The zero-order valence-electron chi connectivity index (χ0n) is 16.4. The van der Waals surface area contributed by atoms with Gasteiger partial charge in [0.15, 0.2) is 4.91 Å². The third kappa shape index (κ3) is 5.13. The number of benzene rings is 2. The minimum Gasteiger partial charge on any atom is -0.494 e. The number of hydrogen-bond acceptors (Lipinski definition) is 6. The van der Waals surface area contributed by atoms with Gasteiger partial charge < -0.3 is 14.8 Å². The van der Waals surface area contributed by atoms with Crippen LogP contribution in [0, 0.1) is 0 Å². The van der Waals surface area contributed by atoms with Crippen LogP contribution in [0.25, 0.3) is 0 Å². The third-order valence-electron chi connectivity index (χ3n) is 4.07. The molecule has 0 atom stereocenters. The van der Waals surface area contributed by atoms with E-state index in [1.54, 1.807) is 36.4 Å². The number of esters is 1. The molecule has 2 aromatic rings. The van der Waals surface area contributed by atoms with Gasteiger partial charge in [-0.2, -0.15) is 0 Å². The molecule has 28 heavy (non-hydrogen) atoms. The largest absolute Gasteiger partial charge is 0.494 e. The second kappa shape index (κ2) is 9.41. The Bertz CT molecular complexity index is 930. The summed E-state index contributed by atoms with van der Waals surface area (Å²) >= 11 is 0. The van der Waals surface area contributed by atoms with E-state index in [0.717, 1.165) is 18.9 Å². The van der Waals surface area contributed by atoms with Crippen molar-refractivity contribution in [2.24, 2.45) is 0 Å². The van der Waals surface area contributed by atoms with E-state index < -0.39 is 20.7 Å². The van der Waals surface area contributed by atoms with E-state index in [0.29, 0.717) is 18.0 Å². The predicted molar refractivity (Wildman–Crippen MR) is 109 cm³/mol. The quantitative estimate of drug-likeness (QED) is 0.528. The molecule has 0 amide bonds. The SMILES string of the molecule is CCOc1ccc(NC=C(C(=O)OC)S(=O)(=O)c2ccc(C(C)C)cc2)cc1. The lowest BCUT2D eigenvalue weighted by molar-refractivity contribution is -0.135. The Hall–Kier alpha value is -2.80. The van der Waals surface area contributed by atoms with E-state index in [1.807, 2.05) is 20.8 Å². The number of methoxy groups -OCH3 is 1. The standard InChI is InChI=1S/C21H25NO5S/c1-5-27-18-10-8-17(9-11-18)22-14-20(21(23)26-4)28(24,25)19-12-6-16(7-13-19)15(2)3/h6-15,22H,5H2,1-4H3. The van der Waals surface area contributed by atoms with E-state index in [-0.39, 0.29) is 10.8 Å². The molecule has 0 radical (unpaired) electrons. The lowest BCUT2D eigenvalue weighted by Crippen LogP contribution is -2.17. The highest BCUT2D eigenvalue weighted by Gasteiger charge is 2.28. The maximum Gasteiger partial charge on any atom is 0.351 e. The van der Waals surface area contributed by atoms with Gasteiger partial charge in [-0.15, -0.1) is 0 Å². The molecule has 0 bridgehead atoms. The summed E-state index contributed by atoms with van der Waals surface area (Å²) < 4.78 is 35.9. The van der Waals surface area contributed by atoms with E-state index >= 15 is 0 Å². The molecule has 0 aromatic heterocycles. The molecule has 1 N–H and O–H groups in total. The van der Waals surface area contributed by atoms with Gasteiger partial charge in [0.05, 0.1) is 18.6 Å². The van der Waals surface area contributed by atoms with Gasteiger partial charge in [0.25, 0.3) is 0 Å². The molecular weight excluding hydrogens is 378 g/mol. The Labute approximate surface area is 166 Å². The zero-order valence-corrected chi connectivity index (χ0v) is 17.2. The molecule has 0 saturated carbocycles. The first-order valence-electron chi connectivity index (χ1n) is 8.92. The van der Waals surface area contributed by atoms with Crippen molar-refractivity contribution in [2.45, 2.75) is 31.6 Å². The monoisotopic (exact) mass is 403 g/mol. The van der Waals surface area contributed by atoms with Crippen molar-refractivity contribution in [1.82, 2.24) is 0 Å². The smallest absolute Gasteiger partial charge is 0.351 e. The molecule has 6 nitrogen and oxygen atoms in total. The van der Waals surface area contributed by atoms with Gasteiger partial charge in [-0.25, -0.2) is 13.2 Å². The Morgan fingerprint density at radius 2 is 1.68 bits per heavy atom. The summed E-state index contributed by atoms with van der Waals surface area (Å²) in [7, 11) is -2.90. The number of anilines is 1. The molecule has 7 heteroatoms. The van der Waals surface area contributed by atoms with Crippen molar-refractivity contribution in [3.05, 3.63) is 65.2 Å². The number of rotatable bonds is 8. The van der Waals surface area contributed by atoms with Crippen molar-refractivity contribution in [3.63, 3.8) is 0 Å². The Morgan fingerprint density at radius 1 is 1.07 bits per heavy atom. The summed E-state index contributed by atoms with van der Waals surface area (Å²) in [5.74, 6) is 0.0307. The van der Waals surface area contributed by atoms with Crippen molar-refractivity contribution < 1.29 is 22.7 Å². The normalized spacial score (nSPS) is 12.0. The summed E-state index contributed by atoms with van der Waals surface area (Å²) in [5.41, 5.74) is 1.62. The summed E-state index contributed by atoms with van der Waals surface area (Å²) in [6.45, 7) is 6.47. The number of hydrogen-bond donors (Lipinski definition) is 1. The van der Waals surface area contributed by atoms with Crippen LogP contribution >= 0.6 is 0 Å². The fourth-order valence-corrected chi connectivity index (χ4v) is 3.73. The molecule has 0 saturated heterocycles. The number of nitrogens with one attached hydrogen (secondary N) is 1. The van der Waals surface area contributed by atoms with Crippen LogP contribution in [0.4, 0.5) is 5.69 Å². The Kier molecular flexibility index (Phi) is 7.23. The Morgan fingerprint density at radius 3 is 2.18 bits per heavy atom. The molecular formula is C21H25NO5S. The van der Waals surface area contributed by atoms with Crippen LogP contribution in [0.3, 0.4) is 0 Å². The van der Waals surface area contributed by atoms with Crippen LogP contribution in [0.15, 0.2) is 64.5 Å². The molecule has 150 valence electrons. The molecule has 0 heterocycles. The highest BCUT2D eigenvalue weighted by Crippen LogP contribution is 2.24. The summed E-state index contributed by atoms with van der Waals surface area (Å²) in [6, 6.07) is 13.4. The summed E-state index contributed by atoms with van der Waals surface area (Å²) in [5, 5.41) is 2.84. The van der Waals surface area contributed by atoms with Crippen molar-refractivity contribution in [2.75, 3.05) is 19.0 Å². The Balaban J connectivity index is 2.33. The van der Waals surface area contributed by atoms with Gasteiger partial charge in [0.2, 0.25) is 9.84 Å². The second-order valence-corrected chi connectivity index (χ2v) is 8.25. The molecule has 0 fully saturated rings. The van der Waals surface area contributed by atoms with E-state index in [9.17, 15) is 13.2 Å². The van der Waals surface area contributed by atoms with Crippen LogP contribution in [0.2, 0.25) is 0 Å². The highest BCUT2D eigenvalue weighted by atomic mass is 32.2. The maximum absolute atomic E-state index is 12.9. The topological polar surface area (TPSA) is 81.7 Å². The first-order valence-corrected chi connectivity index (χ1v) is 10.4. The zero-order chi connectivity index (χ0) is 20.7. The molecule has 2 aromatic carbocycles. The lowest BCUT2D eigenvalue weighted by Gasteiger charge is -2.11. The molecule has 0 aliphatic heterocycles. The fourth-order valence-electron chi connectivity index (χ4n) is 2.47. The average Bonchev–Trinajstić information content (AvgIpc) is 2.69. The van der Waals surface area contributed by atoms with Gasteiger partial charge in [-0.1, -0.05) is 26.0 Å². The van der Waals surface area contributed by atoms with Crippen LogP contribution in [-0.4, -0.2) is 28.1 Å². The number of carbonyl (C=O) groups is 1. The van der Waals surface area contributed by atoms with E-state index in [4.69, 9.17) is 4.74 Å². The number of carbonyl (C=O) groups excluding carboxylic acids is 1. The van der Waals surface area contributed by atoms with Crippen molar-refractivity contribution in [3.8, 4) is 5.75 Å². The van der Waals surface area contributed by atoms with E-state index in [1.165, 1.54) is 12.1 Å². The first-order chi connectivity index (χ1) is 13.3. The van der Waals surface area contributed by atoms with Gasteiger partial charge in [-0.05, 0) is 54.8 Å². The number of ether oxygens (including phenoxy) is 2. The number of sulfone groups is 1. The molecule has 2 rings (SSSR count). The molecule has 0 aliphatic carbocycles.